The summed E-state index contributed by atoms with van der Waals surface area (Å²) in [5, 5.41) is 5.20. The van der Waals surface area contributed by atoms with Gasteiger partial charge in [0.2, 0.25) is 10.9 Å². The van der Waals surface area contributed by atoms with Crippen molar-refractivity contribution in [2.45, 2.75) is 0 Å². The maximum atomic E-state index is 11.8. The molecule has 0 atom stereocenters. The van der Waals surface area contributed by atoms with Gasteiger partial charge in [0.05, 0.1) is 0 Å². The fourth-order valence-corrected chi connectivity index (χ4v) is 2.63. The summed E-state index contributed by atoms with van der Waals surface area (Å²) >= 11 is 0. The van der Waals surface area contributed by atoms with Crippen LogP contribution < -0.4 is 10.9 Å². The van der Waals surface area contributed by atoms with E-state index < -0.39 is 0 Å². The first-order chi connectivity index (χ1) is 7.77. The van der Waals surface area contributed by atoms with Crippen molar-refractivity contribution in [3.05, 3.63) is 56.8 Å². The average Bonchev–Trinajstić information content (AvgIpc) is 2.82. The molecule has 0 aliphatic rings. The van der Waals surface area contributed by atoms with Crippen LogP contribution in [0.25, 0.3) is 32.3 Å². The zero-order chi connectivity index (χ0) is 10.9. The van der Waals surface area contributed by atoms with Crippen molar-refractivity contribution in [1.29, 1.82) is 0 Å². The standard InChI is InChI=1S/C14H6O2/c15-13-9-5-3-7-1-2-8-4-6-10(14(13)16)12(9)11(7)8/h1-6H. The van der Waals surface area contributed by atoms with Crippen molar-refractivity contribution in [2.24, 2.45) is 0 Å². The summed E-state index contributed by atoms with van der Waals surface area (Å²) in [5.41, 5.74) is -0.740. The summed E-state index contributed by atoms with van der Waals surface area (Å²) in [4.78, 5) is 23.5. The summed E-state index contributed by atoms with van der Waals surface area (Å²) in [5.74, 6) is 0. The highest BCUT2D eigenvalue weighted by atomic mass is 16.2. The molecule has 16 heavy (non-hydrogen) atoms. The Labute approximate surface area is 89.8 Å². The third-order valence-electron chi connectivity index (χ3n) is 3.36. The van der Waals surface area contributed by atoms with Gasteiger partial charge in [0.15, 0.2) is 0 Å². The lowest BCUT2D eigenvalue weighted by molar-refractivity contribution is 1.67. The molecule has 0 spiro atoms. The van der Waals surface area contributed by atoms with Crippen molar-refractivity contribution in [2.75, 3.05) is 0 Å². The number of rotatable bonds is 0. The monoisotopic (exact) mass is 206 g/mol. The van der Waals surface area contributed by atoms with E-state index in [9.17, 15) is 9.59 Å². The second-order valence-electron chi connectivity index (χ2n) is 4.15. The van der Waals surface area contributed by atoms with Crippen molar-refractivity contribution in [3.8, 4) is 0 Å². The maximum absolute atomic E-state index is 11.8. The van der Waals surface area contributed by atoms with Gasteiger partial charge < -0.3 is 0 Å². The molecule has 0 unspecified atom stereocenters. The smallest absolute Gasteiger partial charge is 0.234 e. The molecule has 0 saturated carbocycles. The van der Waals surface area contributed by atoms with Crippen molar-refractivity contribution in [1.82, 2.24) is 0 Å². The van der Waals surface area contributed by atoms with E-state index in [1.165, 1.54) is 0 Å². The van der Waals surface area contributed by atoms with Gasteiger partial charge in [-0.3, -0.25) is 9.59 Å². The highest BCUT2D eigenvalue weighted by molar-refractivity contribution is 6.24. The van der Waals surface area contributed by atoms with Crippen molar-refractivity contribution in [3.63, 3.8) is 0 Å². The second-order valence-corrected chi connectivity index (χ2v) is 4.15. The molecule has 0 heterocycles. The summed E-state index contributed by atoms with van der Waals surface area (Å²) in [7, 11) is 0. The number of hydrogen-bond donors (Lipinski definition) is 0. The first-order valence-electron chi connectivity index (χ1n) is 5.14. The van der Waals surface area contributed by atoms with E-state index in [-0.39, 0.29) is 10.9 Å². The fraction of sp³-hybridized carbons (Fsp3) is 0. The highest BCUT2D eigenvalue weighted by Crippen LogP contribution is 2.33. The van der Waals surface area contributed by atoms with E-state index in [1.807, 2.05) is 24.3 Å². The van der Waals surface area contributed by atoms with Crippen molar-refractivity contribution < 1.29 is 0 Å². The minimum absolute atomic E-state index is 0.370. The van der Waals surface area contributed by atoms with Crippen LogP contribution in [0.5, 0.6) is 0 Å². The van der Waals surface area contributed by atoms with Crippen LogP contribution in [0.2, 0.25) is 0 Å². The number of hydrogen-bond acceptors (Lipinski definition) is 2. The van der Waals surface area contributed by atoms with Gasteiger partial charge in [-0.25, -0.2) is 0 Å². The Hall–Kier alpha value is -2.22. The minimum Gasteiger partial charge on any atom is -0.285 e. The maximum Gasteiger partial charge on any atom is 0.234 e. The molecule has 0 saturated heterocycles. The quantitative estimate of drug-likeness (QED) is 0.413. The number of benzene rings is 2. The molecule has 4 aromatic rings. The topological polar surface area (TPSA) is 34.1 Å². The van der Waals surface area contributed by atoms with E-state index >= 15 is 0 Å². The summed E-state index contributed by atoms with van der Waals surface area (Å²) in [6.45, 7) is 0. The lowest BCUT2D eigenvalue weighted by Gasteiger charge is -1.98. The van der Waals surface area contributed by atoms with E-state index in [0.29, 0.717) is 10.8 Å². The third kappa shape index (κ3) is 0.683. The van der Waals surface area contributed by atoms with Crippen LogP contribution >= 0.6 is 0 Å². The highest BCUT2D eigenvalue weighted by Gasteiger charge is 2.15. The van der Waals surface area contributed by atoms with Crippen LogP contribution in [-0.4, -0.2) is 0 Å². The molecule has 0 N–H and O–H groups in total. The SMILES string of the molecule is O=c1c(=O)c2ccc3ccc4ccc1c2c43. The van der Waals surface area contributed by atoms with E-state index in [2.05, 4.69) is 0 Å². The first kappa shape index (κ1) is 7.99. The normalized spacial score (nSPS) is 12.2. The average molecular weight is 206 g/mol. The van der Waals surface area contributed by atoms with Gasteiger partial charge >= 0.3 is 0 Å². The van der Waals surface area contributed by atoms with Gasteiger partial charge in [0.25, 0.3) is 0 Å². The molecular formula is C14H6O2. The zero-order valence-corrected chi connectivity index (χ0v) is 8.28. The van der Waals surface area contributed by atoms with Crippen LogP contribution in [0.15, 0.2) is 46.0 Å². The Balaban J connectivity index is 2.64. The first-order valence-corrected chi connectivity index (χ1v) is 5.14. The molecule has 0 bridgehead atoms. The lowest BCUT2D eigenvalue weighted by atomic mass is 10.0. The molecule has 0 aliphatic heterocycles. The van der Waals surface area contributed by atoms with Crippen LogP contribution in [0.4, 0.5) is 0 Å². The Morgan fingerprint density at radius 2 is 1.00 bits per heavy atom. The summed E-state index contributed by atoms with van der Waals surface area (Å²) < 4.78 is 0. The lowest BCUT2D eigenvalue weighted by Crippen LogP contribution is -2.16. The van der Waals surface area contributed by atoms with Crippen LogP contribution in [0, 0.1) is 0 Å². The molecule has 0 aromatic heterocycles. The van der Waals surface area contributed by atoms with E-state index in [1.54, 1.807) is 12.1 Å². The van der Waals surface area contributed by atoms with Gasteiger partial charge in [-0.2, -0.15) is 0 Å². The van der Waals surface area contributed by atoms with E-state index in [0.717, 1.165) is 21.5 Å². The van der Waals surface area contributed by atoms with Crippen LogP contribution in [0.1, 0.15) is 0 Å². The van der Waals surface area contributed by atoms with Gasteiger partial charge in [0.1, 0.15) is 0 Å². The molecule has 0 radical (unpaired) electrons. The molecule has 0 fully saturated rings. The van der Waals surface area contributed by atoms with Crippen LogP contribution in [-0.2, 0) is 0 Å². The van der Waals surface area contributed by atoms with Crippen LogP contribution in [0.3, 0.4) is 0 Å². The van der Waals surface area contributed by atoms with Gasteiger partial charge in [0, 0.05) is 16.2 Å². The van der Waals surface area contributed by atoms with Gasteiger partial charge in [-0.15, -0.1) is 0 Å². The van der Waals surface area contributed by atoms with Gasteiger partial charge in [-0.1, -0.05) is 24.3 Å². The Bertz CT molecular complexity index is 851. The predicted molar refractivity (Wildman–Crippen MR) is 65.1 cm³/mol. The fourth-order valence-electron chi connectivity index (χ4n) is 2.63. The Morgan fingerprint density at radius 3 is 1.50 bits per heavy atom. The third-order valence-corrected chi connectivity index (χ3v) is 3.36. The predicted octanol–water partition coefficient (Wildman–Crippen LogP) is 2.18. The minimum atomic E-state index is -0.370. The van der Waals surface area contributed by atoms with E-state index in [4.69, 9.17) is 0 Å². The Kier molecular flexibility index (Phi) is 1.15. The molecular weight excluding hydrogens is 200 g/mol. The second kappa shape index (κ2) is 2.30. The molecule has 2 nitrogen and oxygen atoms in total. The Morgan fingerprint density at radius 1 is 0.562 bits per heavy atom. The van der Waals surface area contributed by atoms with Crippen molar-refractivity contribution >= 4 is 32.3 Å². The molecule has 74 valence electrons. The molecule has 0 aliphatic carbocycles. The summed E-state index contributed by atoms with van der Waals surface area (Å²) in [6, 6.07) is 11.4. The zero-order valence-electron chi connectivity index (χ0n) is 8.28. The molecule has 0 amide bonds. The van der Waals surface area contributed by atoms with Gasteiger partial charge in [-0.05, 0) is 28.3 Å². The largest absolute Gasteiger partial charge is 0.285 e. The summed E-state index contributed by atoms with van der Waals surface area (Å²) in [6.07, 6.45) is 0. The molecule has 2 heteroatoms. The molecule has 4 rings (SSSR count). The molecule has 4 aromatic carbocycles.